The molecular weight excluding hydrogens is 520 g/mol. The lowest BCUT2D eigenvalue weighted by molar-refractivity contribution is -0.144. The van der Waals surface area contributed by atoms with Crippen molar-refractivity contribution in [2.75, 3.05) is 13.2 Å². The minimum Gasteiger partial charge on any atom is -0.466 e. The topological polar surface area (TPSA) is 52.6 Å². The van der Waals surface area contributed by atoms with Crippen LogP contribution >= 0.6 is 0 Å². The maximum atomic E-state index is 12.0. The van der Waals surface area contributed by atoms with Gasteiger partial charge in [-0.3, -0.25) is 9.59 Å². The van der Waals surface area contributed by atoms with Gasteiger partial charge in [0.2, 0.25) is 0 Å². The molecule has 2 aromatic carbocycles. The molecule has 234 valence electrons. The van der Waals surface area contributed by atoms with Gasteiger partial charge in [-0.2, -0.15) is 0 Å². The van der Waals surface area contributed by atoms with Gasteiger partial charge in [0.15, 0.2) is 0 Å². The average molecular weight is 579 g/mol. The van der Waals surface area contributed by atoms with E-state index in [2.05, 4.69) is 74.5 Å². The lowest BCUT2D eigenvalue weighted by Gasteiger charge is -2.29. The second-order valence-corrected chi connectivity index (χ2v) is 11.8. The molecule has 4 nitrogen and oxygen atoms in total. The van der Waals surface area contributed by atoms with Crippen molar-refractivity contribution in [3.8, 4) is 0 Å². The summed E-state index contributed by atoms with van der Waals surface area (Å²) in [7, 11) is 0. The third-order valence-electron chi connectivity index (χ3n) is 8.26. The number of unbranched alkanes of at least 4 members (excludes halogenated alkanes) is 10. The molecule has 0 fully saturated rings. The Morgan fingerprint density at radius 2 is 0.881 bits per heavy atom. The van der Waals surface area contributed by atoms with Crippen LogP contribution in [0.5, 0.6) is 0 Å². The van der Waals surface area contributed by atoms with Crippen molar-refractivity contribution < 1.29 is 19.1 Å². The van der Waals surface area contributed by atoms with E-state index >= 15 is 0 Å². The van der Waals surface area contributed by atoms with Gasteiger partial charge in [0, 0.05) is 12.8 Å². The summed E-state index contributed by atoms with van der Waals surface area (Å²) in [5, 5.41) is 0. The molecule has 0 aliphatic rings. The zero-order chi connectivity index (χ0) is 30.1. The van der Waals surface area contributed by atoms with Crippen molar-refractivity contribution in [1.29, 1.82) is 0 Å². The van der Waals surface area contributed by atoms with Crippen LogP contribution in [0.2, 0.25) is 0 Å². The zero-order valence-electron chi connectivity index (χ0n) is 26.7. The molecule has 0 amide bonds. The fourth-order valence-electron chi connectivity index (χ4n) is 5.80. The smallest absolute Gasteiger partial charge is 0.305 e. The third kappa shape index (κ3) is 16.1. The Balaban J connectivity index is 1.84. The number of rotatable bonds is 25. The monoisotopic (exact) mass is 578 g/mol. The first kappa shape index (κ1) is 35.6. The Kier molecular flexibility index (Phi) is 20.2. The van der Waals surface area contributed by atoms with Gasteiger partial charge in [-0.1, -0.05) is 139 Å². The standard InChI is InChI=1S/C38H58O4/c1-3-5-21-31-41-37(39)29-19-9-7-17-27-35(33-23-13-11-14-24-33)36(34-25-15-12-16-26-34)28-18-8-10-20-30-38(40)42-32-22-6-4-2/h11-16,23-26,35-36H,3-10,17-22,27-32H2,1-2H3. The Morgan fingerprint density at radius 1 is 0.500 bits per heavy atom. The van der Waals surface area contributed by atoms with Crippen LogP contribution in [0.25, 0.3) is 0 Å². The molecule has 2 rings (SSSR count). The Bertz CT molecular complexity index is 849. The summed E-state index contributed by atoms with van der Waals surface area (Å²) < 4.78 is 10.7. The van der Waals surface area contributed by atoms with Gasteiger partial charge in [-0.25, -0.2) is 0 Å². The van der Waals surface area contributed by atoms with Crippen LogP contribution < -0.4 is 0 Å². The number of benzene rings is 2. The number of hydrogen-bond donors (Lipinski definition) is 0. The summed E-state index contributed by atoms with van der Waals surface area (Å²) in [5.41, 5.74) is 2.85. The highest BCUT2D eigenvalue weighted by atomic mass is 16.5. The summed E-state index contributed by atoms with van der Waals surface area (Å²) in [6, 6.07) is 22.0. The second kappa shape index (κ2) is 23.9. The highest BCUT2D eigenvalue weighted by molar-refractivity contribution is 5.69. The van der Waals surface area contributed by atoms with E-state index in [9.17, 15) is 9.59 Å². The fourth-order valence-corrected chi connectivity index (χ4v) is 5.80. The summed E-state index contributed by atoms with van der Waals surface area (Å²) in [4.78, 5) is 24.0. The van der Waals surface area contributed by atoms with E-state index in [1.165, 1.54) is 11.1 Å². The predicted molar refractivity (Wildman–Crippen MR) is 175 cm³/mol. The maximum absolute atomic E-state index is 12.0. The summed E-state index contributed by atoms with van der Waals surface area (Å²) in [6.07, 6.45) is 18.4. The molecule has 0 saturated carbocycles. The molecule has 0 radical (unpaired) electrons. The molecule has 2 atom stereocenters. The normalized spacial score (nSPS) is 12.5. The highest BCUT2D eigenvalue weighted by Gasteiger charge is 2.24. The Hall–Kier alpha value is -2.62. The van der Waals surface area contributed by atoms with Crippen LogP contribution in [0.4, 0.5) is 0 Å². The zero-order valence-corrected chi connectivity index (χ0v) is 26.7. The molecule has 0 N–H and O–H groups in total. The molecule has 0 saturated heterocycles. The van der Waals surface area contributed by atoms with Crippen LogP contribution in [0.15, 0.2) is 60.7 Å². The molecule has 4 heteroatoms. The van der Waals surface area contributed by atoms with Crippen molar-refractivity contribution in [3.05, 3.63) is 71.8 Å². The minimum atomic E-state index is -0.0405. The van der Waals surface area contributed by atoms with Crippen LogP contribution in [0, 0.1) is 0 Å². The van der Waals surface area contributed by atoms with E-state index in [0.29, 0.717) is 37.9 Å². The summed E-state index contributed by atoms with van der Waals surface area (Å²) >= 11 is 0. The van der Waals surface area contributed by atoms with E-state index in [1.807, 2.05) is 0 Å². The number of ether oxygens (including phenoxy) is 2. The lowest BCUT2D eigenvalue weighted by Crippen LogP contribution is -2.12. The van der Waals surface area contributed by atoms with E-state index in [0.717, 1.165) is 103 Å². The van der Waals surface area contributed by atoms with Crippen LogP contribution in [-0.4, -0.2) is 25.2 Å². The van der Waals surface area contributed by atoms with E-state index in [-0.39, 0.29) is 11.9 Å². The molecule has 42 heavy (non-hydrogen) atoms. The molecule has 2 aromatic rings. The number of carbonyl (C=O) groups is 2. The van der Waals surface area contributed by atoms with Crippen LogP contribution in [0.3, 0.4) is 0 Å². The largest absolute Gasteiger partial charge is 0.466 e. The van der Waals surface area contributed by atoms with Crippen LogP contribution in [-0.2, 0) is 19.1 Å². The van der Waals surface area contributed by atoms with E-state index < -0.39 is 0 Å². The van der Waals surface area contributed by atoms with Gasteiger partial charge < -0.3 is 9.47 Å². The summed E-state index contributed by atoms with van der Waals surface area (Å²) in [5.74, 6) is 0.855. The Morgan fingerprint density at radius 3 is 1.26 bits per heavy atom. The first-order chi connectivity index (χ1) is 20.7. The Labute approximate surface area is 257 Å². The van der Waals surface area contributed by atoms with Gasteiger partial charge in [0.05, 0.1) is 13.2 Å². The molecule has 0 heterocycles. The third-order valence-corrected chi connectivity index (χ3v) is 8.26. The van der Waals surface area contributed by atoms with Gasteiger partial charge in [0.25, 0.3) is 0 Å². The van der Waals surface area contributed by atoms with Crippen molar-refractivity contribution in [1.82, 2.24) is 0 Å². The van der Waals surface area contributed by atoms with E-state index in [1.54, 1.807) is 0 Å². The van der Waals surface area contributed by atoms with Crippen LogP contribution in [0.1, 0.15) is 152 Å². The molecule has 0 spiro atoms. The number of hydrogen-bond acceptors (Lipinski definition) is 4. The molecular formula is C38H58O4. The summed E-state index contributed by atoms with van der Waals surface area (Å²) in [6.45, 7) is 5.45. The minimum absolute atomic E-state index is 0.0405. The predicted octanol–water partition coefficient (Wildman–Crippen LogP) is 10.7. The van der Waals surface area contributed by atoms with E-state index in [4.69, 9.17) is 9.47 Å². The molecule has 0 aliphatic heterocycles. The van der Waals surface area contributed by atoms with Gasteiger partial charge in [0.1, 0.15) is 0 Å². The fraction of sp³-hybridized carbons (Fsp3) is 0.632. The van der Waals surface area contributed by atoms with Crippen molar-refractivity contribution in [2.24, 2.45) is 0 Å². The first-order valence-corrected chi connectivity index (χ1v) is 17.1. The number of esters is 2. The molecule has 0 bridgehead atoms. The van der Waals surface area contributed by atoms with Gasteiger partial charge in [-0.05, 0) is 61.5 Å². The average Bonchev–Trinajstić information content (AvgIpc) is 3.02. The van der Waals surface area contributed by atoms with Crippen molar-refractivity contribution in [2.45, 2.75) is 141 Å². The molecule has 0 aliphatic carbocycles. The van der Waals surface area contributed by atoms with Gasteiger partial charge >= 0.3 is 11.9 Å². The van der Waals surface area contributed by atoms with Crippen molar-refractivity contribution >= 4 is 11.9 Å². The second-order valence-electron chi connectivity index (χ2n) is 11.8. The maximum Gasteiger partial charge on any atom is 0.305 e. The quantitative estimate of drug-likeness (QED) is 0.0868. The first-order valence-electron chi connectivity index (χ1n) is 17.1. The lowest BCUT2D eigenvalue weighted by atomic mass is 9.76. The SMILES string of the molecule is CCCCCOC(=O)CCCCCCC(c1ccccc1)C(CCCCCCC(=O)OCCCCC)c1ccccc1. The van der Waals surface area contributed by atoms with Gasteiger partial charge in [-0.15, -0.1) is 0 Å². The molecule has 0 aromatic heterocycles. The molecule has 2 unspecified atom stereocenters. The van der Waals surface area contributed by atoms with Crippen molar-refractivity contribution in [3.63, 3.8) is 0 Å². The highest BCUT2D eigenvalue weighted by Crippen LogP contribution is 2.40. The number of carbonyl (C=O) groups excluding carboxylic acids is 2.